The molecule has 0 aliphatic rings. The van der Waals surface area contributed by atoms with Crippen LogP contribution in [0.1, 0.15) is 16.8 Å². The lowest BCUT2D eigenvalue weighted by Crippen LogP contribution is -2.12. The Kier molecular flexibility index (Phi) is 4.48. The number of hydrogen-bond donors (Lipinski definition) is 1. The van der Waals surface area contributed by atoms with Crippen molar-refractivity contribution in [1.29, 1.82) is 0 Å². The average Bonchev–Trinajstić information content (AvgIpc) is 2.28. The summed E-state index contributed by atoms with van der Waals surface area (Å²) in [6.07, 6.45) is 1.51. The van der Waals surface area contributed by atoms with Crippen molar-refractivity contribution >= 4 is 27.4 Å². The van der Waals surface area contributed by atoms with Crippen LogP contribution in [0.3, 0.4) is 0 Å². The van der Waals surface area contributed by atoms with Crippen LogP contribution in [0.15, 0.2) is 29.7 Å². The second kappa shape index (κ2) is 5.49. The van der Waals surface area contributed by atoms with Crippen LogP contribution in [-0.2, 0) is 9.84 Å². The van der Waals surface area contributed by atoms with Crippen molar-refractivity contribution in [3.8, 4) is 0 Å². The molecule has 18 heavy (non-hydrogen) atoms. The van der Waals surface area contributed by atoms with Gasteiger partial charge in [0.1, 0.15) is 4.90 Å². The number of allylic oxidation sites excluding steroid dienone is 1. The van der Waals surface area contributed by atoms with Gasteiger partial charge in [-0.05, 0) is 18.6 Å². The Morgan fingerprint density at radius 3 is 2.61 bits per heavy atom. The molecule has 1 aromatic carbocycles. The molecule has 0 aliphatic carbocycles. The maximum atomic E-state index is 13.8. The number of carboxylic acids is 1. The van der Waals surface area contributed by atoms with Gasteiger partial charge in [0.25, 0.3) is 0 Å². The molecule has 7 heteroatoms. The van der Waals surface area contributed by atoms with Gasteiger partial charge in [0.15, 0.2) is 15.7 Å². The minimum Gasteiger partial charge on any atom is -0.478 e. The maximum Gasteiger partial charge on any atom is 0.338 e. The van der Waals surface area contributed by atoms with Crippen molar-refractivity contribution in [2.24, 2.45) is 0 Å². The molecule has 0 bridgehead atoms. The predicted octanol–water partition coefficient (Wildman–Crippen LogP) is 2.53. The van der Waals surface area contributed by atoms with E-state index in [9.17, 15) is 17.6 Å². The largest absolute Gasteiger partial charge is 0.478 e. The van der Waals surface area contributed by atoms with Gasteiger partial charge in [-0.25, -0.2) is 17.6 Å². The van der Waals surface area contributed by atoms with Gasteiger partial charge in [0.05, 0.1) is 11.3 Å². The second-order valence-corrected chi connectivity index (χ2v) is 5.98. The monoisotopic (exact) mass is 292 g/mol. The summed E-state index contributed by atoms with van der Waals surface area (Å²) in [7, 11) is -3.93. The molecule has 0 saturated carbocycles. The standard InChI is InChI=1S/C11H10ClFO4S/c1-2-3-4-18(16,17)9-6-7(12)5-8(10(9)13)11(14)15/h2,5-6H,1,3-4H2,(H,14,15). The van der Waals surface area contributed by atoms with Gasteiger partial charge in [-0.2, -0.15) is 0 Å². The molecule has 0 fully saturated rings. The minimum absolute atomic E-state index is 0.136. The minimum atomic E-state index is -3.93. The SMILES string of the molecule is C=CCCS(=O)(=O)c1cc(Cl)cc(C(=O)O)c1F. The van der Waals surface area contributed by atoms with Crippen LogP contribution >= 0.6 is 11.6 Å². The van der Waals surface area contributed by atoms with Crippen LogP contribution in [0.5, 0.6) is 0 Å². The first-order valence-electron chi connectivity index (χ1n) is 4.85. The van der Waals surface area contributed by atoms with E-state index in [1.54, 1.807) is 0 Å². The van der Waals surface area contributed by atoms with Crippen molar-refractivity contribution in [1.82, 2.24) is 0 Å². The number of carbonyl (C=O) groups is 1. The normalized spacial score (nSPS) is 11.2. The van der Waals surface area contributed by atoms with Gasteiger partial charge in [0.2, 0.25) is 0 Å². The van der Waals surface area contributed by atoms with Gasteiger partial charge in [-0.1, -0.05) is 17.7 Å². The second-order valence-electron chi connectivity index (χ2n) is 3.47. The third-order valence-electron chi connectivity index (χ3n) is 2.16. The molecule has 0 atom stereocenters. The van der Waals surface area contributed by atoms with E-state index in [-0.39, 0.29) is 17.2 Å². The smallest absolute Gasteiger partial charge is 0.338 e. The number of aromatic carboxylic acids is 1. The molecule has 0 saturated heterocycles. The summed E-state index contributed by atoms with van der Waals surface area (Å²) in [5.41, 5.74) is -0.764. The van der Waals surface area contributed by atoms with E-state index < -0.39 is 32.1 Å². The summed E-state index contributed by atoms with van der Waals surface area (Å²) < 4.78 is 37.4. The van der Waals surface area contributed by atoms with Crippen molar-refractivity contribution in [2.75, 3.05) is 5.75 Å². The zero-order chi connectivity index (χ0) is 13.9. The van der Waals surface area contributed by atoms with Crippen LogP contribution in [0.4, 0.5) is 4.39 Å². The first-order chi connectivity index (χ1) is 8.29. The molecule has 0 unspecified atom stereocenters. The highest BCUT2D eigenvalue weighted by Crippen LogP contribution is 2.25. The molecule has 0 heterocycles. The Labute approximate surface area is 109 Å². The fraction of sp³-hybridized carbons (Fsp3) is 0.182. The quantitative estimate of drug-likeness (QED) is 0.847. The summed E-state index contributed by atoms with van der Waals surface area (Å²) in [5, 5.41) is 8.60. The van der Waals surface area contributed by atoms with E-state index in [0.29, 0.717) is 0 Å². The summed E-state index contributed by atoms with van der Waals surface area (Å²) in [4.78, 5) is 10.1. The predicted molar refractivity (Wildman–Crippen MR) is 65.2 cm³/mol. The summed E-state index contributed by atoms with van der Waals surface area (Å²) in [5.74, 6) is -3.22. The summed E-state index contributed by atoms with van der Waals surface area (Å²) in [6, 6.07) is 1.77. The van der Waals surface area contributed by atoms with Crippen molar-refractivity contribution < 1.29 is 22.7 Å². The summed E-state index contributed by atoms with van der Waals surface area (Å²) in [6.45, 7) is 3.36. The summed E-state index contributed by atoms with van der Waals surface area (Å²) >= 11 is 5.59. The van der Waals surface area contributed by atoms with Crippen LogP contribution in [0.25, 0.3) is 0 Å². The zero-order valence-electron chi connectivity index (χ0n) is 9.19. The topological polar surface area (TPSA) is 71.4 Å². The first-order valence-corrected chi connectivity index (χ1v) is 6.88. The van der Waals surface area contributed by atoms with Crippen LogP contribution in [0.2, 0.25) is 5.02 Å². The number of halogens is 2. The van der Waals surface area contributed by atoms with Crippen molar-refractivity contribution in [3.05, 3.63) is 41.2 Å². The van der Waals surface area contributed by atoms with Crippen LogP contribution < -0.4 is 0 Å². The number of benzene rings is 1. The third kappa shape index (κ3) is 3.08. The van der Waals surface area contributed by atoms with Crippen LogP contribution in [0, 0.1) is 5.82 Å². The van der Waals surface area contributed by atoms with Gasteiger partial charge in [-0.15, -0.1) is 6.58 Å². The Morgan fingerprint density at radius 1 is 1.50 bits per heavy atom. The maximum absolute atomic E-state index is 13.8. The highest BCUT2D eigenvalue weighted by Gasteiger charge is 2.24. The van der Waals surface area contributed by atoms with E-state index >= 15 is 0 Å². The van der Waals surface area contributed by atoms with E-state index in [4.69, 9.17) is 16.7 Å². The molecule has 4 nitrogen and oxygen atoms in total. The fourth-order valence-electron chi connectivity index (χ4n) is 1.29. The lowest BCUT2D eigenvalue weighted by molar-refractivity contribution is 0.0691. The highest BCUT2D eigenvalue weighted by atomic mass is 35.5. The van der Waals surface area contributed by atoms with Gasteiger partial charge in [0, 0.05) is 5.02 Å². The molecule has 1 N–H and O–H groups in total. The molecule has 1 aromatic rings. The highest BCUT2D eigenvalue weighted by molar-refractivity contribution is 7.91. The average molecular weight is 293 g/mol. The molecule has 0 aliphatic heterocycles. The van der Waals surface area contributed by atoms with E-state index in [1.807, 2.05) is 0 Å². The number of rotatable bonds is 5. The fourth-order valence-corrected chi connectivity index (χ4v) is 2.96. The molecule has 1 rings (SSSR count). The number of sulfone groups is 1. The van der Waals surface area contributed by atoms with E-state index in [2.05, 4.69) is 6.58 Å². The van der Waals surface area contributed by atoms with Crippen LogP contribution in [-0.4, -0.2) is 25.2 Å². The third-order valence-corrected chi connectivity index (χ3v) is 4.12. The Bertz CT molecular complexity index is 595. The number of hydrogen-bond acceptors (Lipinski definition) is 3. The van der Waals surface area contributed by atoms with E-state index in [0.717, 1.165) is 12.1 Å². The van der Waals surface area contributed by atoms with Gasteiger partial charge >= 0.3 is 5.97 Å². The van der Waals surface area contributed by atoms with Gasteiger partial charge < -0.3 is 5.11 Å². The lowest BCUT2D eigenvalue weighted by atomic mass is 10.2. The number of carboxylic acid groups (broad SMARTS) is 1. The molecule has 98 valence electrons. The Balaban J connectivity index is 3.41. The Hall–Kier alpha value is -1.40. The molecule has 0 aromatic heterocycles. The van der Waals surface area contributed by atoms with Gasteiger partial charge in [-0.3, -0.25) is 0 Å². The molecule has 0 amide bonds. The molecule has 0 radical (unpaired) electrons. The zero-order valence-corrected chi connectivity index (χ0v) is 10.8. The molecular formula is C11H10ClFO4S. The van der Waals surface area contributed by atoms with Crippen molar-refractivity contribution in [2.45, 2.75) is 11.3 Å². The Morgan fingerprint density at radius 2 is 2.11 bits per heavy atom. The van der Waals surface area contributed by atoms with Crippen molar-refractivity contribution in [3.63, 3.8) is 0 Å². The lowest BCUT2D eigenvalue weighted by Gasteiger charge is -2.07. The first kappa shape index (κ1) is 14.7. The molecule has 0 spiro atoms. The van der Waals surface area contributed by atoms with E-state index in [1.165, 1.54) is 6.08 Å². The molecular weight excluding hydrogens is 283 g/mol.